The van der Waals surface area contributed by atoms with Crippen LogP contribution in [0.2, 0.25) is 0 Å². The molecule has 128 valence electrons. The van der Waals surface area contributed by atoms with E-state index in [0.29, 0.717) is 0 Å². The average molecular weight is 333 g/mol. The van der Waals surface area contributed by atoms with E-state index in [1.807, 2.05) is 49.4 Å². The van der Waals surface area contributed by atoms with Crippen molar-refractivity contribution < 1.29 is 9.53 Å². The maximum atomic E-state index is 12.3. The minimum absolute atomic E-state index is 0.00323. The Labute approximate surface area is 148 Å². The molecule has 1 N–H and O–H groups in total. The fourth-order valence-electron chi connectivity index (χ4n) is 3.14. The van der Waals surface area contributed by atoms with Gasteiger partial charge in [0.05, 0.1) is 6.04 Å². The molecule has 0 aliphatic heterocycles. The SMILES string of the molecule is Cc1ccc([C@@H](C)NC(=O)COc2cccc3ccccc23)c(C)c1. The molecule has 3 nitrogen and oxygen atoms in total. The monoisotopic (exact) mass is 333 g/mol. The molecule has 0 fully saturated rings. The summed E-state index contributed by atoms with van der Waals surface area (Å²) in [6, 6.07) is 20.1. The van der Waals surface area contributed by atoms with Crippen LogP contribution in [0.3, 0.4) is 0 Å². The van der Waals surface area contributed by atoms with Gasteiger partial charge in [-0.15, -0.1) is 0 Å². The molecule has 0 bridgehead atoms. The summed E-state index contributed by atoms with van der Waals surface area (Å²) in [5.41, 5.74) is 3.53. The second kappa shape index (κ2) is 7.39. The quantitative estimate of drug-likeness (QED) is 0.734. The zero-order valence-corrected chi connectivity index (χ0v) is 14.9. The molecule has 3 aromatic rings. The van der Waals surface area contributed by atoms with E-state index in [9.17, 15) is 4.79 Å². The Morgan fingerprint density at radius 2 is 1.80 bits per heavy atom. The lowest BCUT2D eigenvalue weighted by molar-refractivity contribution is -0.123. The van der Waals surface area contributed by atoms with E-state index in [1.165, 1.54) is 11.1 Å². The van der Waals surface area contributed by atoms with Crippen molar-refractivity contribution in [1.82, 2.24) is 5.32 Å². The zero-order chi connectivity index (χ0) is 17.8. The van der Waals surface area contributed by atoms with Gasteiger partial charge >= 0.3 is 0 Å². The van der Waals surface area contributed by atoms with Crippen molar-refractivity contribution in [2.24, 2.45) is 0 Å². The molecule has 3 heteroatoms. The highest BCUT2D eigenvalue weighted by molar-refractivity contribution is 5.88. The topological polar surface area (TPSA) is 38.3 Å². The summed E-state index contributed by atoms with van der Waals surface area (Å²) in [5.74, 6) is 0.604. The van der Waals surface area contributed by atoms with Crippen LogP contribution in [0.4, 0.5) is 0 Å². The molecular weight excluding hydrogens is 310 g/mol. The van der Waals surface area contributed by atoms with Crippen LogP contribution < -0.4 is 10.1 Å². The lowest BCUT2D eigenvalue weighted by Gasteiger charge is -2.17. The molecule has 0 saturated carbocycles. The minimum atomic E-state index is -0.125. The molecular formula is C22H23NO2. The number of nitrogens with one attached hydrogen (secondary N) is 1. The minimum Gasteiger partial charge on any atom is -0.483 e. The molecule has 0 saturated heterocycles. The smallest absolute Gasteiger partial charge is 0.258 e. The number of hydrogen-bond donors (Lipinski definition) is 1. The third-order valence-electron chi connectivity index (χ3n) is 4.38. The van der Waals surface area contributed by atoms with Crippen molar-refractivity contribution >= 4 is 16.7 Å². The Bertz CT molecular complexity index is 896. The predicted molar refractivity (Wildman–Crippen MR) is 102 cm³/mol. The lowest BCUT2D eigenvalue weighted by atomic mass is 10.0. The molecule has 0 unspecified atom stereocenters. The second-order valence-electron chi connectivity index (χ2n) is 6.42. The first-order valence-corrected chi connectivity index (χ1v) is 8.51. The van der Waals surface area contributed by atoms with E-state index in [2.05, 4.69) is 37.4 Å². The van der Waals surface area contributed by atoms with Crippen LogP contribution in [-0.2, 0) is 4.79 Å². The number of fused-ring (bicyclic) bond motifs is 1. The lowest BCUT2D eigenvalue weighted by Crippen LogP contribution is -2.31. The first kappa shape index (κ1) is 17.0. The van der Waals surface area contributed by atoms with Gasteiger partial charge in [-0.25, -0.2) is 0 Å². The molecule has 0 spiro atoms. The van der Waals surface area contributed by atoms with E-state index >= 15 is 0 Å². The van der Waals surface area contributed by atoms with Crippen LogP contribution in [0.1, 0.15) is 29.7 Å². The van der Waals surface area contributed by atoms with Crippen LogP contribution in [0.5, 0.6) is 5.75 Å². The molecule has 0 aromatic heterocycles. The van der Waals surface area contributed by atoms with Gasteiger partial charge in [-0.05, 0) is 43.4 Å². The Balaban J connectivity index is 1.64. The van der Waals surface area contributed by atoms with Crippen LogP contribution in [-0.4, -0.2) is 12.5 Å². The van der Waals surface area contributed by atoms with E-state index in [1.54, 1.807) is 0 Å². The first-order valence-electron chi connectivity index (χ1n) is 8.51. The standard InChI is InChI=1S/C22H23NO2/c1-15-11-12-19(16(2)13-15)17(3)23-22(24)14-25-21-10-6-8-18-7-4-5-9-20(18)21/h4-13,17H,14H2,1-3H3,(H,23,24)/t17-/m1/s1. The van der Waals surface area contributed by atoms with Crippen molar-refractivity contribution in [2.45, 2.75) is 26.8 Å². The second-order valence-corrected chi connectivity index (χ2v) is 6.42. The van der Waals surface area contributed by atoms with Crippen molar-refractivity contribution in [3.63, 3.8) is 0 Å². The Morgan fingerprint density at radius 1 is 1.04 bits per heavy atom. The summed E-state index contributed by atoms with van der Waals surface area (Å²) in [4.78, 5) is 12.3. The number of ether oxygens (including phenoxy) is 1. The van der Waals surface area contributed by atoms with Crippen molar-refractivity contribution in [2.75, 3.05) is 6.61 Å². The van der Waals surface area contributed by atoms with Crippen LogP contribution in [0, 0.1) is 13.8 Å². The van der Waals surface area contributed by atoms with E-state index in [4.69, 9.17) is 4.74 Å². The maximum absolute atomic E-state index is 12.3. The molecule has 0 aliphatic rings. The molecule has 25 heavy (non-hydrogen) atoms. The fourth-order valence-corrected chi connectivity index (χ4v) is 3.14. The fraction of sp³-hybridized carbons (Fsp3) is 0.227. The molecule has 3 aromatic carbocycles. The number of amides is 1. The molecule has 1 amide bonds. The Kier molecular flexibility index (Phi) is 5.03. The summed E-state index contributed by atoms with van der Waals surface area (Å²) < 4.78 is 5.76. The number of carbonyl (C=O) groups excluding carboxylic acids is 1. The third kappa shape index (κ3) is 4.00. The van der Waals surface area contributed by atoms with E-state index < -0.39 is 0 Å². The van der Waals surface area contributed by atoms with Gasteiger partial charge in [-0.2, -0.15) is 0 Å². The number of aryl methyl sites for hydroxylation is 2. The van der Waals surface area contributed by atoms with Gasteiger partial charge in [0.2, 0.25) is 0 Å². The summed E-state index contributed by atoms with van der Waals surface area (Å²) in [6.07, 6.45) is 0. The Hall–Kier alpha value is -2.81. The summed E-state index contributed by atoms with van der Waals surface area (Å²) in [6.45, 7) is 6.13. The molecule has 3 rings (SSSR count). The predicted octanol–water partition coefficient (Wildman–Crippen LogP) is 4.71. The van der Waals surface area contributed by atoms with Gasteiger partial charge in [0.25, 0.3) is 5.91 Å². The highest BCUT2D eigenvalue weighted by Crippen LogP contribution is 2.25. The largest absolute Gasteiger partial charge is 0.483 e. The zero-order valence-electron chi connectivity index (χ0n) is 14.9. The summed E-state index contributed by atoms with van der Waals surface area (Å²) in [7, 11) is 0. The van der Waals surface area contributed by atoms with Gasteiger partial charge in [0.15, 0.2) is 6.61 Å². The molecule has 0 aliphatic carbocycles. The first-order chi connectivity index (χ1) is 12.0. The van der Waals surface area contributed by atoms with Gasteiger partial charge in [-0.3, -0.25) is 4.79 Å². The van der Waals surface area contributed by atoms with Crippen molar-refractivity contribution in [3.05, 3.63) is 77.4 Å². The normalized spacial score (nSPS) is 12.0. The van der Waals surface area contributed by atoms with Crippen LogP contribution in [0.25, 0.3) is 10.8 Å². The summed E-state index contributed by atoms with van der Waals surface area (Å²) >= 11 is 0. The highest BCUT2D eigenvalue weighted by Gasteiger charge is 2.12. The Morgan fingerprint density at radius 3 is 2.60 bits per heavy atom. The molecule has 0 radical (unpaired) electrons. The molecule has 0 heterocycles. The van der Waals surface area contributed by atoms with Crippen LogP contribution in [0.15, 0.2) is 60.7 Å². The number of rotatable bonds is 5. The van der Waals surface area contributed by atoms with Crippen molar-refractivity contribution in [1.29, 1.82) is 0 Å². The van der Waals surface area contributed by atoms with Gasteiger partial charge in [0, 0.05) is 5.39 Å². The number of benzene rings is 3. The van der Waals surface area contributed by atoms with Gasteiger partial charge in [0.1, 0.15) is 5.75 Å². The average Bonchev–Trinajstić information content (AvgIpc) is 2.59. The van der Waals surface area contributed by atoms with Gasteiger partial charge in [-0.1, -0.05) is 60.2 Å². The highest BCUT2D eigenvalue weighted by atomic mass is 16.5. The van der Waals surface area contributed by atoms with E-state index in [0.717, 1.165) is 22.1 Å². The molecule has 1 atom stereocenters. The maximum Gasteiger partial charge on any atom is 0.258 e. The van der Waals surface area contributed by atoms with Crippen molar-refractivity contribution in [3.8, 4) is 5.75 Å². The third-order valence-corrected chi connectivity index (χ3v) is 4.38. The number of hydrogen-bond acceptors (Lipinski definition) is 2. The van der Waals surface area contributed by atoms with Gasteiger partial charge < -0.3 is 10.1 Å². The summed E-state index contributed by atoms with van der Waals surface area (Å²) in [5, 5.41) is 5.13. The number of carbonyl (C=O) groups is 1. The van der Waals surface area contributed by atoms with E-state index in [-0.39, 0.29) is 18.6 Å². The van der Waals surface area contributed by atoms with Crippen LogP contribution >= 0.6 is 0 Å².